The highest BCUT2D eigenvalue weighted by Gasteiger charge is 2.23. The molecule has 149 heavy (non-hydrogen) atoms. The molecular weight excluding hydrogens is 1910 g/mol. The van der Waals surface area contributed by atoms with Gasteiger partial charge in [0.25, 0.3) is 0 Å². The number of halogens is 1. The van der Waals surface area contributed by atoms with Crippen molar-refractivity contribution in [3.63, 3.8) is 0 Å². The molecule has 792 valence electrons. The topological polar surface area (TPSA) is 492 Å². The molecule has 1 saturated heterocycles. The van der Waals surface area contributed by atoms with E-state index in [-0.39, 0.29) is 16.9 Å². The van der Waals surface area contributed by atoms with Crippen LogP contribution in [0.2, 0.25) is 5.28 Å². The zero-order chi connectivity index (χ0) is 109. The molecule has 0 unspecified atom stereocenters. The molecule has 46 nitrogen and oxygen atoms in total. The van der Waals surface area contributed by atoms with Crippen molar-refractivity contribution in [1.29, 1.82) is 0 Å². The van der Waals surface area contributed by atoms with E-state index < -0.39 is 0 Å². The van der Waals surface area contributed by atoms with Crippen LogP contribution in [-0.2, 0) is 75.2 Å². The lowest BCUT2D eigenvalue weighted by atomic mass is 10.1. The van der Waals surface area contributed by atoms with Gasteiger partial charge in [-0.2, -0.15) is 85.9 Å². The van der Waals surface area contributed by atoms with E-state index in [1.807, 2.05) is 196 Å². The van der Waals surface area contributed by atoms with Crippen LogP contribution in [0.4, 0.5) is 17.8 Å². The van der Waals surface area contributed by atoms with Gasteiger partial charge in [0.1, 0.15) is 18.5 Å². The lowest BCUT2D eigenvalue weighted by Gasteiger charge is -2.26. The number of anilines is 3. The van der Waals surface area contributed by atoms with Crippen LogP contribution in [0, 0.1) is 6.92 Å². The third-order valence-electron chi connectivity index (χ3n) is 23.4. The first-order valence-corrected chi connectivity index (χ1v) is 50.3. The van der Waals surface area contributed by atoms with E-state index in [1.165, 1.54) is 5.39 Å². The minimum Gasteiger partial charge on any atom is -0.467 e. The highest BCUT2D eigenvalue weighted by atomic mass is 35.5. The van der Waals surface area contributed by atoms with E-state index in [4.69, 9.17) is 21.1 Å². The number of nitrogens with one attached hydrogen (secondary N) is 3. The van der Waals surface area contributed by atoms with Crippen molar-refractivity contribution in [3.05, 3.63) is 165 Å². The van der Waals surface area contributed by atoms with Crippen molar-refractivity contribution in [3.8, 4) is 6.01 Å². The van der Waals surface area contributed by atoms with Gasteiger partial charge in [-0.3, -0.25) is 61.7 Å². The van der Waals surface area contributed by atoms with Crippen molar-refractivity contribution in [2.45, 2.75) is 205 Å². The zero-order valence-corrected chi connectivity index (χ0v) is 93.3. The van der Waals surface area contributed by atoms with Gasteiger partial charge in [-0.05, 0) is 83.8 Å². The Morgan fingerprint density at radius 3 is 1.25 bits per heavy atom. The van der Waals surface area contributed by atoms with Crippen LogP contribution in [0.1, 0.15) is 260 Å². The van der Waals surface area contributed by atoms with Crippen molar-refractivity contribution < 1.29 is 9.47 Å². The minimum absolute atomic E-state index is 0.226. The zero-order valence-electron chi connectivity index (χ0n) is 92.6. The number of nitrogens with zero attached hydrogens (tertiary/aromatic N) is 40. The number of ether oxygens (including phenoxy) is 2. The van der Waals surface area contributed by atoms with Gasteiger partial charge in [-0.25, -0.2) is 54.6 Å². The van der Waals surface area contributed by atoms with E-state index in [9.17, 15) is 4.79 Å². The van der Waals surface area contributed by atoms with Gasteiger partial charge in [-0.1, -0.05) is 138 Å². The molecule has 0 atom stereocenters. The monoisotopic (exact) mass is 2050 g/mol. The quantitative estimate of drug-likeness (QED) is 0.0713. The molecule has 21 heterocycles. The SMILES string of the molecule is CC(C)c1nc(=O)[nH]c2nn(C)cc12.CC(C)c1nc(Cl)nc2nn(C)cc12.CC(C)c1nc(N(C)C)nc2nn(C)cc12.CC(C)c1nc(NCCN2CCOCC2)nc2nn(C)cc12.CC(C)c1nccc2nn(C)cc12.CC(C)c1ncnc2c1cnn2C.CC(C)c1ncnc2nn(C)cc12.CNc1nc(C(C)C)c2cn(C)nc2n1.COc1nc(C(C)C)c2cn(C)nc2n1.Cc1nc(C(C)C)c2cn(C)nc2n1. The molecule has 0 aromatic carbocycles. The van der Waals surface area contributed by atoms with E-state index in [2.05, 4.69) is 286 Å². The second-order valence-electron chi connectivity index (χ2n) is 39.7. The van der Waals surface area contributed by atoms with Crippen LogP contribution >= 0.6 is 11.6 Å². The number of hydrogen-bond acceptors (Lipinski definition) is 35. The average molecular weight is 2060 g/mol. The number of aromatic nitrogens is 39. The van der Waals surface area contributed by atoms with Crippen molar-refractivity contribution >= 4 is 140 Å². The van der Waals surface area contributed by atoms with Crippen LogP contribution in [0.15, 0.2) is 91.7 Å². The molecule has 21 rings (SSSR count). The molecule has 0 aliphatic carbocycles. The summed E-state index contributed by atoms with van der Waals surface area (Å²) in [6, 6.07) is 2.33. The molecule has 0 radical (unpaired) electrons. The fourth-order valence-electron chi connectivity index (χ4n) is 16.5. The van der Waals surface area contributed by atoms with Gasteiger partial charge in [0.2, 0.25) is 23.1 Å². The summed E-state index contributed by atoms with van der Waals surface area (Å²) in [6.07, 6.45) is 24.4. The van der Waals surface area contributed by atoms with Crippen LogP contribution in [0.25, 0.3) is 110 Å². The first-order valence-electron chi connectivity index (χ1n) is 50.0. The molecular formula is C102H144ClN43O3. The largest absolute Gasteiger partial charge is 0.467 e. The number of pyridine rings is 1. The highest BCUT2D eigenvalue weighted by molar-refractivity contribution is 6.28. The maximum Gasteiger partial charge on any atom is 0.346 e. The summed E-state index contributed by atoms with van der Waals surface area (Å²) in [5.74, 6) is 6.44. The van der Waals surface area contributed by atoms with Gasteiger partial charge in [0.05, 0.1) is 137 Å². The Morgan fingerprint density at radius 1 is 0.389 bits per heavy atom. The number of methoxy groups -OCH3 is 1. The smallest absolute Gasteiger partial charge is 0.346 e. The Balaban J connectivity index is 0.000000147. The van der Waals surface area contributed by atoms with Gasteiger partial charge < -0.3 is 25.0 Å². The van der Waals surface area contributed by atoms with Crippen molar-refractivity contribution in [1.82, 2.24) is 197 Å². The number of hydrogen-bond donors (Lipinski definition) is 3. The summed E-state index contributed by atoms with van der Waals surface area (Å²) >= 11 is 5.81. The second kappa shape index (κ2) is 50.0. The van der Waals surface area contributed by atoms with Gasteiger partial charge in [0.15, 0.2) is 50.8 Å². The lowest BCUT2D eigenvalue weighted by molar-refractivity contribution is 0.0398. The fourth-order valence-corrected chi connectivity index (χ4v) is 16.7. The van der Waals surface area contributed by atoms with Gasteiger partial charge in [-0.15, -0.1) is 0 Å². The molecule has 1 aliphatic heterocycles. The Labute approximate surface area is 871 Å². The highest BCUT2D eigenvalue weighted by Crippen LogP contribution is 2.32. The van der Waals surface area contributed by atoms with Gasteiger partial charge in [0, 0.05) is 185 Å². The molecule has 20 aromatic rings. The molecule has 0 amide bonds. The molecule has 1 aliphatic rings. The van der Waals surface area contributed by atoms with Crippen LogP contribution in [0.3, 0.4) is 0 Å². The maximum atomic E-state index is 11.2. The normalized spacial score (nSPS) is 12.1. The predicted octanol–water partition coefficient (Wildman–Crippen LogP) is 15.6. The molecule has 20 aromatic heterocycles. The van der Waals surface area contributed by atoms with E-state index >= 15 is 0 Å². The summed E-state index contributed by atoms with van der Waals surface area (Å²) in [5.41, 5.74) is 17.6. The summed E-state index contributed by atoms with van der Waals surface area (Å²) < 4.78 is 28.0. The molecule has 3 N–H and O–H groups in total. The van der Waals surface area contributed by atoms with Crippen LogP contribution in [-0.4, -0.2) is 265 Å². The number of fused-ring (bicyclic) bond motifs is 10. The summed E-state index contributed by atoms with van der Waals surface area (Å²) in [4.78, 5) is 95.7. The Bertz CT molecular complexity index is 7650. The molecule has 1 fully saturated rings. The number of rotatable bonds is 17. The Kier molecular flexibility index (Phi) is 37.7. The van der Waals surface area contributed by atoms with E-state index in [0.717, 1.165) is 196 Å². The molecule has 0 spiro atoms. The summed E-state index contributed by atoms with van der Waals surface area (Å²) in [5, 5.41) is 59.5. The van der Waals surface area contributed by atoms with E-state index in [1.54, 1.807) is 61.9 Å². The van der Waals surface area contributed by atoms with Gasteiger partial charge >= 0.3 is 11.7 Å². The molecule has 0 bridgehead atoms. The predicted molar refractivity (Wildman–Crippen MR) is 585 cm³/mol. The Hall–Kier alpha value is -15.2. The fraction of sp³-hybridized carbons (Fsp3) is 0.500. The first-order chi connectivity index (χ1) is 70.6. The first kappa shape index (κ1) is 113. The van der Waals surface area contributed by atoms with Crippen LogP contribution in [0.5, 0.6) is 6.01 Å². The summed E-state index contributed by atoms with van der Waals surface area (Å²) in [6.45, 7) is 49.5. The lowest BCUT2D eigenvalue weighted by Crippen LogP contribution is -2.39. The van der Waals surface area contributed by atoms with Crippen molar-refractivity contribution in [2.24, 2.45) is 70.5 Å². The number of aryl methyl sites for hydroxylation is 11. The van der Waals surface area contributed by atoms with E-state index in [0.29, 0.717) is 88.1 Å². The molecule has 0 saturated carbocycles. The standard InChI is InChI=1S/C15H24N6O.C11H17N5.C10H15N5.C10H14N4O.C10H14N4.C10H13N3.C9H11ClN4.C9H12N4O.2C9H12N4/c1-11(2)13-12-10-20(3)19-14(12)18-15(17-13)16-4-5-21-6-8-22-9-7-21;1-7(2)9-8-6-16(5)14-10(8)13-11(12-9)15(3)4;1-6(2)8-7-5-15(4)14-9(7)13-10(11-3)12-8;1-6(2)8-7-5-14(3)13-9(7)12-10(11-8)15-4;1-6(2)9-8-5-14(4)13-10(8)12-7(3)11-9;1-7(2)10-8-6-13(3)12-9(8)4-5-11-10;1-5(2)7-6-4-14(3)13-8(6)12-9(10)11-7;1-5(2)7-6-4-13(3)12-8(6)11-9(14)10-7;1-6(2)8-7-4-13(3)12-9(7)11-5-10-8;1-6(2)8-7-4-12-13(3)9(7)11-5-10-8/h10-11H,4-9H2,1-3H3,(H,16,18,19);6-7H,1-5H3;5-6H,1-4H3,(H,11,13,14);5-6H,1-4H3;5-6H,1-4H3;4-7H,1-3H3;4-5H,1-3H3;4-5H,1-3H3,(H,11,12,14);2*4-6H,1-3H3. The average Bonchev–Trinajstić information content (AvgIpc) is 1.58. The van der Waals surface area contributed by atoms with Crippen LogP contribution < -0.4 is 26.0 Å². The minimum atomic E-state index is -0.333. The second-order valence-corrected chi connectivity index (χ2v) is 40.0. The number of H-pyrrole nitrogens is 1. The van der Waals surface area contributed by atoms with Crippen molar-refractivity contribution in [2.75, 3.05) is 83.2 Å². The third kappa shape index (κ3) is 28.6. The Morgan fingerprint density at radius 2 is 0.765 bits per heavy atom. The number of morpholine rings is 1. The molecule has 47 heteroatoms. The summed E-state index contributed by atoms with van der Waals surface area (Å²) in [7, 11) is 26.1. The maximum absolute atomic E-state index is 11.2. The third-order valence-corrected chi connectivity index (χ3v) is 23.6. The number of aromatic amines is 1.